The monoisotopic (exact) mass is 518 g/mol. The Morgan fingerprint density at radius 3 is 2.51 bits per heavy atom. The number of aromatic nitrogens is 2. The second-order valence-corrected chi connectivity index (χ2v) is 10.2. The van der Waals surface area contributed by atoms with E-state index < -0.39 is 6.09 Å². The van der Waals surface area contributed by atoms with Gasteiger partial charge < -0.3 is 15.0 Å². The highest BCUT2D eigenvalue weighted by molar-refractivity contribution is 6.30. The lowest BCUT2D eigenvalue weighted by molar-refractivity contribution is 0.0812. The van der Waals surface area contributed by atoms with Gasteiger partial charge in [0.15, 0.2) is 0 Å². The van der Waals surface area contributed by atoms with Crippen LogP contribution in [0.1, 0.15) is 36.4 Å². The fourth-order valence-electron chi connectivity index (χ4n) is 5.51. The summed E-state index contributed by atoms with van der Waals surface area (Å²) in [6.45, 7) is 2.58. The van der Waals surface area contributed by atoms with Crippen LogP contribution >= 0.6 is 11.6 Å². The third-order valence-corrected chi connectivity index (χ3v) is 7.48. The van der Waals surface area contributed by atoms with Crippen LogP contribution in [-0.2, 0) is 13.1 Å². The number of halogens is 1. The minimum absolute atomic E-state index is 0.0558. The number of nitrogens with one attached hydrogen (secondary N) is 1. The lowest BCUT2D eigenvalue weighted by Crippen LogP contribution is -2.48. The molecule has 4 aromatic rings. The van der Waals surface area contributed by atoms with E-state index in [2.05, 4.69) is 28.1 Å². The van der Waals surface area contributed by atoms with E-state index in [1.54, 1.807) is 4.90 Å². The highest BCUT2D eigenvalue weighted by Gasteiger charge is 2.33. The summed E-state index contributed by atoms with van der Waals surface area (Å²) in [4.78, 5) is 31.8. The summed E-state index contributed by atoms with van der Waals surface area (Å²) in [5.41, 5.74) is 3.85. The molecule has 1 aromatic heterocycles. The predicted molar refractivity (Wildman–Crippen MR) is 146 cm³/mol. The van der Waals surface area contributed by atoms with Gasteiger partial charge in [0.05, 0.1) is 11.0 Å². The number of nitrogens with zero attached hydrogens (tertiary/aromatic N) is 3. The Hall–Kier alpha value is -3.55. The summed E-state index contributed by atoms with van der Waals surface area (Å²) < 4.78 is 1.81. The van der Waals surface area contributed by atoms with Crippen LogP contribution in [0.25, 0.3) is 11.0 Å². The number of rotatable bonds is 8. The third-order valence-electron chi connectivity index (χ3n) is 7.25. The second-order valence-electron chi connectivity index (χ2n) is 9.74. The van der Waals surface area contributed by atoms with E-state index in [9.17, 15) is 14.7 Å². The number of fused-ring (bicyclic) bond motifs is 1. The SMILES string of the molecule is O=C(O)N1CCC(n2c(=O)[nH]c3ccccc32)C[C@@H]1CCN(Cc1ccccc1)Cc1cccc(Cl)c1. The quantitative estimate of drug-likeness (QED) is 0.311. The molecule has 0 spiro atoms. The number of hydrogen-bond acceptors (Lipinski definition) is 3. The van der Waals surface area contributed by atoms with E-state index in [0.29, 0.717) is 43.9 Å². The largest absolute Gasteiger partial charge is 0.465 e. The van der Waals surface area contributed by atoms with Crippen molar-refractivity contribution in [2.75, 3.05) is 13.1 Å². The molecule has 0 bridgehead atoms. The molecule has 5 rings (SSSR count). The Morgan fingerprint density at radius 1 is 1.00 bits per heavy atom. The molecule has 0 radical (unpaired) electrons. The van der Waals surface area contributed by atoms with Gasteiger partial charge in [0.1, 0.15) is 0 Å². The number of para-hydroxylation sites is 2. The normalized spacial score (nSPS) is 17.9. The van der Waals surface area contributed by atoms with Crippen LogP contribution in [0.2, 0.25) is 5.02 Å². The maximum Gasteiger partial charge on any atom is 0.407 e. The topological polar surface area (TPSA) is 81.6 Å². The first-order chi connectivity index (χ1) is 18.0. The van der Waals surface area contributed by atoms with Crippen molar-refractivity contribution in [1.82, 2.24) is 19.4 Å². The molecule has 3 aromatic carbocycles. The average molecular weight is 519 g/mol. The summed E-state index contributed by atoms with van der Waals surface area (Å²) >= 11 is 6.24. The molecule has 7 nitrogen and oxygen atoms in total. The maximum absolute atomic E-state index is 12.8. The molecular formula is C29H31ClN4O3. The van der Waals surface area contributed by atoms with Gasteiger partial charge in [-0.3, -0.25) is 9.47 Å². The Bertz CT molecular complexity index is 1420. The van der Waals surface area contributed by atoms with Crippen LogP contribution < -0.4 is 5.69 Å². The van der Waals surface area contributed by atoms with Crippen molar-refractivity contribution in [3.63, 3.8) is 0 Å². The first-order valence-electron chi connectivity index (χ1n) is 12.7. The molecule has 1 amide bonds. The van der Waals surface area contributed by atoms with Crippen LogP contribution in [-0.4, -0.2) is 49.7 Å². The smallest absolute Gasteiger partial charge is 0.407 e. The van der Waals surface area contributed by atoms with Crippen molar-refractivity contribution in [1.29, 1.82) is 0 Å². The Balaban J connectivity index is 1.35. The number of amides is 1. The maximum atomic E-state index is 12.8. The van der Waals surface area contributed by atoms with Gasteiger partial charge in [0.2, 0.25) is 0 Å². The molecule has 0 saturated carbocycles. The minimum Gasteiger partial charge on any atom is -0.465 e. The van der Waals surface area contributed by atoms with E-state index in [0.717, 1.165) is 23.1 Å². The number of likely N-dealkylation sites (tertiary alicyclic amines) is 1. The van der Waals surface area contributed by atoms with E-state index in [1.165, 1.54) is 5.56 Å². The summed E-state index contributed by atoms with van der Waals surface area (Å²) in [7, 11) is 0. The molecule has 1 unspecified atom stereocenters. The Labute approximate surface area is 220 Å². The van der Waals surface area contributed by atoms with Gasteiger partial charge >= 0.3 is 11.8 Å². The molecule has 1 fully saturated rings. The van der Waals surface area contributed by atoms with Crippen molar-refractivity contribution in [2.24, 2.45) is 0 Å². The first kappa shape index (κ1) is 25.1. The Morgan fingerprint density at radius 2 is 1.73 bits per heavy atom. The molecule has 1 aliphatic rings. The molecule has 2 atom stereocenters. The molecule has 2 N–H and O–H groups in total. The third kappa shape index (κ3) is 5.89. The van der Waals surface area contributed by atoms with Crippen molar-refractivity contribution in [2.45, 2.75) is 44.4 Å². The summed E-state index contributed by atoms with van der Waals surface area (Å²) in [5.74, 6) is 0. The number of aromatic amines is 1. The van der Waals surface area contributed by atoms with Crippen LogP contribution in [0.3, 0.4) is 0 Å². The zero-order valence-corrected chi connectivity index (χ0v) is 21.3. The lowest BCUT2D eigenvalue weighted by Gasteiger charge is -2.39. The van der Waals surface area contributed by atoms with Crippen LogP contribution in [0.4, 0.5) is 4.79 Å². The highest BCUT2D eigenvalue weighted by atomic mass is 35.5. The van der Waals surface area contributed by atoms with Gasteiger partial charge in [0.25, 0.3) is 0 Å². The number of carbonyl (C=O) groups is 1. The average Bonchev–Trinajstić information content (AvgIpc) is 3.23. The molecule has 0 aliphatic carbocycles. The lowest BCUT2D eigenvalue weighted by atomic mass is 9.94. The minimum atomic E-state index is -0.904. The predicted octanol–water partition coefficient (Wildman–Crippen LogP) is 5.76. The van der Waals surface area contributed by atoms with Gasteiger partial charge in [-0.15, -0.1) is 0 Å². The van der Waals surface area contributed by atoms with Gasteiger partial charge in [-0.25, -0.2) is 9.59 Å². The van der Waals surface area contributed by atoms with Crippen LogP contribution in [0.5, 0.6) is 0 Å². The van der Waals surface area contributed by atoms with E-state index in [1.807, 2.05) is 65.2 Å². The molecule has 192 valence electrons. The van der Waals surface area contributed by atoms with Gasteiger partial charge in [-0.1, -0.05) is 66.2 Å². The number of hydrogen-bond donors (Lipinski definition) is 2. The van der Waals surface area contributed by atoms with Crippen LogP contribution in [0, 0.1) is 0 Å². The fraction of sp³-hybridized carbons (Fsp3) is 0.310. The summed E-state index contributed by atoms with van der Waals surface area (Å²) in [6.07, 6.45) is 0.984. The molecule has 37 heavy (non-hydrogen) atoms. The van der Waals surface area contributed by atoms with Gasteiger partial charge in [0, 0.05) is 43.3 Å². The van der Waals surface area contributed by atoms with E-state index in [4.69, 9.17) is 11.6 Å². The molecule has 8 heteroatoms. The number of imidazole rings is 1. The van der Waals surface area contributed by atoms with Crippen molar-refractivity contribution in [3.05, 3.63) is 105 Å². The van der Waals surface area contributed by atoms with Gasteiger partial charge in [-0.05, 0) is 54.7 Å². The molecule has 1 aliphatic heterocycles. The Kier molecular flexibility index (Phi) is 7.63. The number of piperidine rings is 1. The second kappa shape index (κ2) is 11.2. The van der Waals surface area contributed by atoms with Crippen molar-refractivity contribution < 1.29 is 9.90 Å². The van der Waals surface area contributed by atoms with E-state index in [-0.39, 0.29) is 17.8 Å². The zero-order chi connectivity index (χ0) is 25.8. The number of benzene rings is 3. The first-order valence-corrected chi connectivity index (χ1v) is 13.1. The zero-order valence-electron chi connectivity index (χ0n) is 20.6. The molecule has 2 heterocycles. The van der Waals surface area contributed by atoms with E-state index >= 15 is 0 Å². The van der Waals surface area contributed by atoms with Crippen molar-refractivity contribution in [3.8, 4) is 0 Å². The molecule has 1 saturated heterocycles. The highest BCUT2D eigenvalue weighted by Crippen LogP contribution is 2.30. The summed E-state index contributed by atoms with van der Waals surface area (Å²) in [6, 6.07) is 25.6. The molecular weight excluding hydrogens is 488 g/mol. The standard InChI is InChI=1S/C29H31ClN4O3/c30-23-10-6-9-22(17-23)20-32(19-21-7-2-1-3-8-21)15-13-24-18-25(14-16-33(24)29(36)37)34-27-12-5-4-11-26(27)31-28(34)35/h1-12,17,24-25H,13-16,18-20H2,(H,31,35)(H,36,37)/t24-,25?/m0/s1. The number of H-pyrrole nitrogens is 1. The summed E-state index contributed by atoms with van der Waals surface area (Å²) in [5, 5.41) is 10.6. The fourth-order valence-corrected chi connectivity index (χ4v) is 5.72. The van der Waals surface area contributed by atoms with Gasteiger partial charge in [-0.2, -0.15) is 0 Å². The number of carboxylic acid groups (broad SMARTS) is 1. The van der Waals surface area contributed by atoms with Crippen molar-refractivity contribution >= 4 is 28.7 Å². The van der Waals surface area contributed by atoms with Crippen LogP contribution in [0.15, 0.2) is 83.7 Å².